The number of hydrogen-bond donors (Lipinski definition) is 1. The summed E-state index contributed by atoms with van der Waals surface area (Å²) in [7, 11) is 0. The normalized spacial score (nSPS) is 16.8. The van der Waals surface area contributed by atoms with Crippen LogP contribution in [0.4, 0.5) is 5.82 Å². The molecule has 0 atom stereocenters. The molecule has 1 aliphatic carbocycles. The van der Waals surface area contributed by atoms with Crippen molar-refractivity contribution in [3.8, 4) is 6.07 Å². The average molecular weight is 219 g/mol. The highest BCUT2D eigenvalue weighted by atomic mass is 32.2. The van der Waals surface area contributed by atoms with Gasteiger partial charge in [0.1, 0.15) is 5.82 Å². The van der Waals surface area contributed by atoms with E-state index in [4.69, 9.17) is 5.26 Å². The summed E-state index contributed by atoms with van der Waals surface area (Å²) in [6, 6.07) is 5.61. The number of thioether (sulfide) groups is 1. The van der Waals surface area contributed by atoms with Crippen molar-refractivity contribution in [3.63, 3.8) is 0 Å². The second-order valence-corrected chi connectivity index (χ2v) is 5.06. The fourth-order valence-corrected chi connectivity index (χ4v) is 2.17. The molecule has 0 saturated heterocycles. The van der Waals surface area contributed by atoms with Gasteiger partial charge < -0.3 is 5.32 Å². The molecule has 1 aromatic heterocycles. The Bertz CT molecular complexity index is 393. The SMILES string of the molecule is CSC1(CNc2cc(C#N)ccn2)CC1. The van der Waals surface area contributed by atoms with E-state index in [-0.39, 0.29) is 0 Å². The summed E-state index contributed by atoms with van der Waals surface area (Å²) in [5.41, 5.74) is 0.654. The van der Waals surface area contributed by atoms with Crippen molar-refractivity contribution in [1.82, 2.24) is 4.98 Å². The highest BCUT2D eigenvalue weighted by Crippen LogP contribution is 2.46. The van der Waals surface area contributed by atoms with Gasteiger partial charge in [-0.2, -0.15) is 17.0 Å². The van der Waals surface area contributed by atoms with Crippen LogP contribution in [-0.2, 0) is 0 Å². The van der Waals surface area contributed by atoms with Crippen LogP contribution in [-0.4, -0.2) is 22.5 Å². The molecule has 0 radical (unpaired) electrons. The summed E-state index contributed by atoms with van der Waals surface area (Å²) < 4.78 is 0.421. The zero-order valence-electron chi connectivity index (χ0n) is 8.66. The van der Waals surface area contributed by atoms with Crippen LogP contribution in [0.2, 0.25) is 0 Å². The molecular formula is C11H13N3S. The number of nitrogens with zero attached hydrogens (tertiary/aromatic N) is 2. The predicted molar refractivity (Wildman–Crippen MR) is 62.9 cm³/mol. The van der Waals surface area contributed by atoms with E-state index in [1.165, 1.54) is 12.8 Å². The number of rotatable bonds is 4. The standard InChI is InChI=1S/C11H13N3S/c1-15-11(3-4-11)8-14-10-6-9(7-12)2-5-13-10/h2,5-6H,3-4,8H2,1H3,(H,13,14). The molecule has 1 aliphatic rings. The number of hydrogen-bond acceptors (Lipinski definition) is 4. The molecule has 1 aromatic rings. The molecule has 2 rings (SSSR count). The van der Waals surface area contributed by atoms with Gasteiger partial charge in [0.2, 0.25) is 0 Å². The van der Waals surface area contributed by atoms with Crippen LogP contribution in [0.15, 0.2) is 18.3 Å². The van der Waals surface area contributed by atoms with E-state index in [2.05, 4.69) is 22.6 Å². The van der Waals surface area contributed by atoms with Gasteiger partial charge in [-0.3, -0.25) is 0 Å². The van der Waals surface area contributed by atoms with Crippen molar-refractivity contribution in [1.29, 1.82) is 5.26 Å². The van der Waals surface area contributed by atoms with Gasteiger partial charge in [-0.1, -0.05) is 0 Å². The van der Waals surface area contributed by atoms with Crippen LogP contribution in [0.3, 0.4) is 0 Å². The number of anilines is 1. The fourth-order valence-electron chi connectivity index (χ4n) is 1.44. The number of pyridine rings is 1. The quantitative estimate of drug-likeness (QED) is 0.844. The summed E-state index contributed by atoms with van der Waals surface area (Å²) in [4.78, 5) is 4.18. The van der Waals surface area contributed by atoms with E-state index >= 15 is 0 Å². The van der Waals surface area contributed by atoms with Crippen LogP contribution in [0.25, 0.3) is 0 Å². The Labute approximate surface area is 93.9 Å². The second-order valence-electron chi connectivity index (χ2n) is 3.78. The third-order valence-corrected chi connectivity index (χ3v) is 4.14. The van der Waals surface area contributed by atoms with Gasteiger partial charge in [-0.05, 0) is 31.2 Å². The Morgan fingerprint density at radius 2 is 2.47 bits per heavy atom. The second kappa shape index (κ2) is 4.11. The third-order valence-electron chi connectivity index (χ3n) is 2.72. The van der Waals surface area contributed by atoms with Gasteiger partial charge in [-0.25, -0.2) is 4.98 Å². The van der Waals surface area contributed by atoms with Gasteiger partial charge in [0.05, 0.1) is 11.6 Å². The number of nitrogens with one attached hydrogen (secondary N) is 1. The van der Waals surface area contributed by atoms with E-state index in [0.29, 0.717) is 10.3 Å². The zero-order valence-corrected chi connectivity index (χ0v) is 9.47. The third kappa shape index (κ3) is 2.42. The van der Waals surface area contributed by atoms with Crippen molar-refractivity contribution in [2.75, 3.05) is 18.1 Å². The Morgan fingerprint density at radius 3 is 3.07 bits per heavy atom. The molecule has 1 N–H and O–H groups in total. The Kier molecular flexibility index (Phi) is 2.83. The highest BCUT2D eigenvalue weighted by Gasteiger charge is 2.41. The Morgan fingerprint density at radius 1 is 1.67 bits per heavy atom. The van der Waals surface area contributed by atoms with Gasteiger partial charge >= 0.3 is 0 Å². The van der Waals surface area contributed by atoms with Gasteiger partial charge in [0, 0.05) is 17.5 Å². The number of aromatic nitrogens is 1. The predicted octanol–water partition coefficient (Wildman–Crippen LogP) is 2.26. The maximum Gasteiger partial charge on any atom is 0.127 e. The van der Waals surface area contributed by atoms with Gasteiger partial charge in [0.15, 0.2) is 0 Å². The average Bonchev–Trinajstić information content (AvgIpc) is 3.07. The molecule has 78 valence electrons. The van der Waals surface area contributed by atoms with E-state index in [1.54, 1.807) is 18.3 Å². The molecule has 1 heterocycles. The highest BCUT2D eigenvalue weighted by molar-refractivity contribution is 8.00. The molecule has 0 aromatic carbocycles. The zero-order chi connectivity index (χ0) is 10.7. The summed E-state index contributed by atoms with van der Waals surface area (Å²) >= 11 is 1.91. The molecule has 0 unspecified atom stereocenters. The molecule has 0 spiro atoms. The smallest absolute Gasteiger partial charge is 0.127 e. The first-order valence-electron chi connectivity index (χ1n) is 4.93. The van der Waals surface area contributed by atoms with E-state index in [9.17, 15) is 0 Å². The molecule has 1 fully saturated rings. The summed E-state index contributed by atoms with van der Waals surface area (Å²) in [5.74, 6) is 0.800. The van der Waals surface area contributed by atoms with Gasteiger partial charge in [0.25, 0.3) is 0 Å². The molecule has 0 amide bonds. The van der Waals surface area contributed by atoms with E-state index < -0.39 is 0 Å². The van der Waals surface area contributed by atoms with Crippen LogP contribution in [0, 0.1) is 11.3 Å². The Balaban J connectivity index is 1.96. The molecule has 0 bridgehead atoms. The van der Waals surface area contributed by atoms with Crippen LogP contribution < -0.4 is 5.32 Å². The first kappa shape index (κ1) is 10.3. The van der Waals surface area contributed by atoms with Crippen molar-refractivity contribution in [3.05, 3.63) is 23.9 Å². The van der Waals surface area contributed by atoms with E-state index in [1.807, 2.05) is 11.8 Å². The summed E-state index contributed by atoms with van der Waals surface area (Å²) in [6.45, 7) is 0.941. The molecule has 4 heteroatoms. The van der Waals surface area contributed by atoms with Crippen LogP contribution in [0.5, 0.6) is 0 Å². The molecule has 3 nitrogen and oxygen atoms in total. The van der Waals surface area contributed by atoms with Crippen LogP contribution in [0.1, 0.15) is 18.4 Å². The first-order valence-corrected chi connectivity index (χ1v) is 6.16. The van der Waals surface area contributed by atoms with Crippen LogP contribution >= 0.6 is 11.8 Å². The summed E-state index contributed by atoms with van der Waals surface area (Å²) in [6.07, 6.45) is 6.37. The molecule has 1 saturated carbocycles. The minimum atomic E-state index is 0.421. The lowest BCUT2D eigenvalue weighted by Gasteiger charge is -2.13. The topological polar surface area (TPSA) is 48.7 Å². The maximum atomic E-state index is 8.74. The maximum absolute atomic E-state index is 8.74. The minimum absolute atomic E-state index is 0.421. The summed E-state index contributed by atoms with van der Waals surface area (Å²) in [5, 5.41) is 12.0. The van der Waals surface area contributed by atoms with Gasteiger partial charge in [-0.15, -0.1) is 0 Å². The first-order chi connectivity index (χ1) is 7.28. The lowest BCUT2D eigenvalue weighted by Crippen LogP contribution is -2.17. The molecule has 15 heavy (non-hydrogen) atoms. The van der Waals surface area contributed by atoms with Crippen molar-refractivity contribution >= 4 is 17.6 Å². The Hall–Kier alpha value is -1.21. The minimum Gasteiger partial charge on any atom is -0.369 e. The monoisotopic (exact) mass is 219 g/mol. The fraction of sp³-hybridized carbons (Fsp3) is 0.455. The molecule has 0 aliphatic heterocycles. The molecular weight excluding hydrogens is 206 g/mol. The lowest BCUT2D eigenvalue weighted by atomic mass is 10.3. The number of nitriles is 1. The van der Waals surface area contributed by atoms with E-state index in [0.717, 1.165) is 12.4 Å². The van der Waals surface area contributed by atoms with Crippen molar-refractivity contribution < 1.29 is 0 Å². The lowest BCUT2D eigenvalue weighted by molar-refractivity contribution is 0.940. The van der Waals surface area contributed by atoms with Crippen molar-refractivity contribution in [2.45, 2.75) is 17.6 Å². The van der Waals surface area contributed by atoms with Crippen molar-refractivity contribution in [2.24, 2.45) is 0 Å². The largest absolute Gasteiger partial charge is 0.369 e.